The molecule has 0 bridgehead atoms. The molecule has 1 aromatic rings. The van der Waals surface area contributed by atoms with E-state index in [0.717, 1.165) is 0 Å². The molecule has 1 aromatic carbocycles. The second-order valence-corrected chi connectivity index (χ2v) is 3.53. The average molecular weight is 193 g/mol. The van der Waals surface area contributed by atoms with Gasteiger partial charge in [-0.2, -0.15) is 0 Å². The molecule has 1 aliphatic rings. The van der Waals surface area contributed by atoms with E-state index in [4.69, 9.17) is 10.8 Å². The fourth-order valence-electron chi connectivity index (χ4n) is 2.01. The number of nitrogens with two attached hydrogens (primary N) is 1. The molecular formula is C10H11NO3. The normalized spacial score (nSPS) is 24.6. The van der Waals surface area contributed by atoms with Gasteiger partial charge >= 0.3 is 5.97 Å². The monoisotopic (exact) mass is 193 g/mol. The van der Waals surface area contributed by atoms with Gasteiger partial charge in [-0.05, 0) is 23.6 Å². The van der Waals surface area contributed by atoms with E-state index in [2.05, 4.69) is 0 Å². The second-order valence-electron chi connectivity index (χ2n) is 3.53. The maximum absolute atomic E-state index is 10.9. The quantitative estimate of drug-likeness (QED) is 0.604. The smallest absolute Gasteiger partial charge is 0.312 e. The third-order valence-corrected chi connectivity index (χ3v) is 2.66. The van der Waals surface area contributed by atoms with Crippen molar-refractivity contribution in [2.45, 2.75) is 18.4 Å². The second kappa shape index (κ2) is 2.99. The number of carboxylic acid groups (broad SMARTS) is 1. The molecule has 2 atom stereocenters. The predicted molar refractivity (Wildman–Crippen MR) is 50.2 cm³/mol. The highest BCUT2D eigenvalue weighted by Gasteiger charge is 2.36. The van der Waals surface area contributed by atoms with Crippen molar-refractivity contribution in [3.05, 3.63) is 29.3 Å². The zero-order valence-electron chi connectivity index (χ0n) is 7.47. The summed E-state index contributed by atoms with van der Waals surface area (Å²) in [6.45, 7) is 0. The summed E-state index contributed by atoms with van der Waals surface area (Å²) < 4.78 is 0. The lowest BCUT2D eigenvalue weighted by Gasteiger charge is -2.10. The summed E-state index contributed by atoms with van der Waals surface area (Å²) in [6, 6.07) is 4.47. The lowest BCUT2D eigenvalue weighted by Crippen LogP contribution is -2.30. The number of phenols is 1. The van der Waals surface area contributed by atoms with Crippen LogP contribution in [-0.4, -0.2) is 22.2 Å². The van der Waals surface area contributed by atoms with Gasteiger partial charge in [0, 0.05) is 6.04 Å². The van der Waals surface area contributed by atoms with Crippen LogP contribution >= 0.6 is 0 Å². The Balaban J connectivity index is 2.53. The van der Waals surface area contributed by atoms with Crippen LogP contribution in [0, 0.1) is 0 Å². The van der Waals surface area contributed by atoms with Crippen molar-refractivity contribution in [1.29, 1.82) is 0 Å². The van der Waals surface area contributed by atoms with Crippen LogP contribution in [0.25, 0.3) is 0 Å². The summed E-state index contributed by atoms with van der Waals surface area (Å²) in [6.07, 6.45) is 0.430. The topological polar surface area (TPSA) is 83.5 Å². The minimum Gasteiger partial charge on any atom is -0.508 e. The van der Waals surface area contributed by atoms with Crippen LogP contribution in [0.4, 0.5) is 0 Å². The van der Waals surface area contributed by atoms with Gasteiger partial charge in [-0.3, -0.25) is 4.79 Å². The predicted octanol–water partition coefficient (Wildman–Crippen LogP) is 0.444. The van der Waals surface area contributed by atoms with E-state index >= 15 is 0 Å². The lowest BCUT2D eigenvalue weighted by molar-refractivity contribution is -0.139. The van der Waals surface area contributed by atoms with E-state index < -0.39 is 17.9 Å². The molecule has 0 radical (unpaired) electrons. The Hall–Kier alpha value is -1.55. The van der Waals surface area contributed by atoms with Crippen LogP contribution in [0.3, 0.4) is 0 Å². The zero-order chi connectivity index (χ0) is 10.3. The number of hydrogen-bond acceptors (Lipinski definition) is 3. The Bertz CT molecular complexity index is 389. The SMILES string of the molecule is NC1Cc2c(O)cccc2C1C(=O)O. The number of benzene rings is 1. The first-order valence-corrected chi connectivity index (χ1v) is 4.40. The van der Waals surface area contributed by atoms with E-state index in [1.807, 2.05) is 0 Å². The van der Waals surface area contributed by atoms with Gasteiger partial charge in [0.1, 0.15) is 5.75 Å². The molecule has 4 nitrogen and oxygen atoms in total. The number of aliphatic carboxylic acids is 1. The summed E-state index contributed by atoms with van der Waals surface area (Å²) in [5, 5.41) is 18.5. The van der Waals surface area contributed by atoms with Crippen molar-refractivity contribution >= 4 is 5.97 Å². The zero-order valence-corrected chi connectivity index (χ0v) is 7.47. The van der Waals surface area contributed by atoms with Gasteiger partial charge in [0.15, 0.2) is 0 Å². The first-order valence-electron chi connectivity index (χ1n) is 4.40. The largest absolute Gasteiger partial charge is 0.508 e. The Morgan fingerprint density at radius 3 is 2.86 bits per heavy atom. The molecule has 2 rings (SSSR count). The molecule has 4 heteroatoms. The van der Waals surface area contributed by atoms with Crippen molar-refractivity contribution in [1.82, 2.24) is 0 Å². The van der Waals surface area contributed by atoms with Crippen molar-refractivity contribution in [2.24, 2.45) is 5.73 Å². The molecule has 2 unspecified atom stereocenters. The van der Waals surface area contributed by atoms with Crippen molar-refractivity contribution in [3.63, 3.8) is 0 Å². The Morgan fingerprint density at radius 2 is 2.21 bits per heavy atom. The van der Waals surface area contributed by atoms with E-state index in [1.54, 1.807) is 18.2 Å². The fourth-order valence-corrected chi connectivity index (χ4v) is 2.01. The summed E-state index contributed by atoms with van der Waals surface area (Å²) >= 11 is 0. The van der Waals surface area contributed by atoms with Gasteiger partial charge in [-0.15, -0.1) is 0 Å². The molecule has 0 aromatic heterocycles. The highest BCUT2D eigenvalue weighted by atomic mass is 16.4. The van der Waals surface area contributed by atoms with Crippen LogP contribution < -0.4 is 5.73 Å². The lowest BCUT2D eigenvalue weighted by atomic mass is 9.99. The van der Waals surface area contributed by atoms with Crippen LogP contribution in [0.1, 0.15) is 17.0 Å². The maximum atomic E-state index is 10.9. The summed E-state index contributed by atoms with van der Waals surface area (Å²) in [5.41, 5.74) is 7.02. The number of phenolic OH excluding ortho intramolecular Hbond substituents is 1. The number of hydrogen-bond donors (Lipinski definition) is 3. The minimum absolute atomic E-state index is 0.140. The summed E-state index contributed by atoms with van der Waals surface area (Å²) in [5.74, 6) is -1.47. The number of carboxylic acids is 1. The van der Waals surface area contributed by atoms with E-state index in [1.165, 1.54) is 0 Å². The van der Waals surface area contributed by atoms with E-state index in [-0.39, 0.29) is 5.75 Å². The molecule has 0 amide bonds. The molecule has 4 N–H and O–H groups in total. The number of aromatic hydroxyl groups is 1. The van der Waals surface area contributed by atoms with Gasteiger partial charge in [-0.1, -0.05) is 12.1 Å². The Kier molecular flexibility index (Phi) is 1.93. The van der Waals surface area contributed by atoms with Crippen LogP contribution in [-0.2, 0) is 11.2 Å². The number of fused-ring (bicyclic) bond motifs is 1. The molecule has 1 aliphatic carbocycles. The van der Waals surface area contributed by atoms with Crippen LogP contribution in [0.2, 0.25) is 0 Å². The molecule has 0 fully saturated rings. The van der Waals surface area contributed by atoms with Gasteiger partial charge in [0.25, 0.3) is 0 Å². The summed E-state index contributed by atoms with van der Waals surface area (Å²) in [4.78, 5) is 10.9. The van der Waals surface area contributed by atoms with Crippen LogP contribution in [0.15, 0.2) is 18.2 Å². The van der Waals surface area contributed by atoms with Crippen molar-refractivity contribution in [3.8, 4) is 5.75 Å². The Labute approximate surface area is 81.0 Å². The Morgan fingerprint density at radius 1 is 1.50 bits per heavy atom. The fraction of sp³-hybridized carbons (Fsp3) is 0.300. The standard InChI is InChI=1S/C10H11NO3/c11-7-4-6-5(9(7)10(13)14)2-1-3-8(6)12/h1-3,7,9,12H,4,11H2,(H,13,14). The first-order chi connectivity index (χ1) is 6.61. The van der Waals surface area contributed by atoms with E-state index in [9.17, 15) is 9.90 Å². The molecule has 0 saturated carbocycles. The maximum Gasteiger partial charge on any atom is 0.312 e. The number of carbonyl (C=O) groups is 1. The molecule has 0 aliphatic heterocycles. The van der Waals surface area contributed by atoms with Gasteiger partial charge < -0.3 is 15.9 Å². The van der Waals surface area contributed by atoms with Crippen LogP contribution in [0.5, 0.6) is 5.75 Å². The van der Waals surface area contributed by atoms with Crippen molar-refractivity contribution < 1.29 is 15.0 Å². The van der Waals surface area contributed by atoms with Gasteiger partial charge in [-0.25, -0.2) is 0 Å². The molecule has 0 saturated heterocycles. The number of rotatable bonds is 1. The summed E-state index contributed by atoms with van der Waals surface area (Å²) in [7, 11) is 0. The van der Waals surface area contributed by atoms with E-state index in [0.29, 0.717) is 17.5 Å². The molecule has 14 heavy (non-hydrogen) atoms. The highest BCUT2D eigenvalue weighted by Crippen LogP contribution is 2.37. The average Bonchev–Trinajstić information content (AvgIpc) is 2.42. The van der Waals surface area contributed by atoms with Crippen molar-refractivity contribution in [2.75, 3.05) is 0 Å². The van der Waals surface area contributed by atoms with Gasteiger partial charge in [0.2, 0.25) is 0 Å². The van der Waals surface area contributed by atoms with Gasteiger partial charge in [0.05, 0.1) is 5.92 Å². The molecular weight excluding hydrogens is 182 g/mol. The minimum atomic E-state index is -0.929. The third-order valence-electron chi connectivity index (χ3n) is 2.66. The third kappa shape index (κ3) is 1.15. The first kappa shape index (κ1) is 9.02. The highest BCUT2D eigenvalue weighted by molar-refractivity contribution is 5.79. The molecule has 0 heterocycles. The molecule has 0 spiro atoms. The molecule has 74 valence electrons.